The summed E-state index contributed by atoms with van der Waals surface area (Å²) >= 11 is 1.43. The number of tetrazole rings is 1. The molecule has 0 radical (unpaired) electrons. The van der Waals surface area contributed by atoms with Gasteiger partial charge < -0.3 is 20.1 Å². The number of hydrogen-bond donors (Lipinski definition) is 2. The van der Waals surface area contributed by atoms with E-state index in [0.717, 1.165) is 40.0 Å². The zero-order valence-corrected chi connectivity index (χ0v) is 27.9. The number of carbonyl (C=O) groups is 3. The van der Waals surface area contributed by atoms with Crippen LogP contribution >= 0.6 is 11.8 Å². The van der Waals surface area contributed by atoms with E-state index in [1.165, 1.54) is 30.6 Å². The summed E-state index contributed by atoms with van der Waals surface area (Å²) in [5.74, 6) is -1.10. The smallest absolute Gasteiger partial charge is 0.410 e. The van der Waals surface area contributed by atoms with Crippen LogP contribution in [-0.4, -0.2) is 97.5 Å². The third kappa shape index (κ3) is 6.92. The van der Waals surface area contributed by atoms with Gasteiger partial charge in [0.1, 0.15) is 18.7 Å². The number of benzene rings is 3. The second-order valence-electron chi connectivity index (χ2n) is 12.2. The van der Waals surface area contributed by atoms with Crippen LogP contribution in [0.15, 0.2) is 88.9 Å². The number of nitrogens with one attached hydrogen (secondary N) is 1. The van der Waals surface area contributed by atoms with Gasteiger partial charge in [-0.25, -0.2) is 9.48 Å². The third-order valence-corrected chi connectivity index (χ3v) is 10.1. The molecular weight excluding hydrogens is 630 g/mol. The molecule has 6 rings (SSSR count). The number of likely N-dealkylation sites (N-methyl/N-ethyl adjacent to an activating group) is 1. The van der Waals surface area contributed by atoms with Crippen molar-refractivity contribution in [1.29, 1.82) is 0 Å². The average Bonchev–Trinajstić information content (AvgIpc) is 3.83. The number of aromatic nitrogens is 4. The Hall–Kier alpha value is -4.75. The molecule has 0 bridgehead atoms. The van der Waals surface area contributed by atoms with Gasteiger partial charge in [-0.05, 0) is 83.3 Å². The first kappa shape index (κ1) is 33.2. The highest BCUT2D eigenvalue weighted by atomic mass is 32.2. The van der Waals surface area contributed by atoms with E-state index in [9.17, 15) is 19.5 Å². The monoisotopic (exact) mass is 669 g/mol. The van der Waals surface area contributed by atoms with E-state index in [-0.39, 0.29) is 18.6 Å². The van der Waals surface area contributed by atoms with Gasteiger partial charge in [-0.15, -0.1) is 5.10 Å². The van der Waals surface area contributed by atoms with Crippen molar-refractivity contribution in [3.05, 3.63) is 90.0 Å². The Balaban J connectivity index is 1.06. The van der Waals surface area contributed by atoms with E-state index in [0.29, 0.717) is 18.2 Å². The Kier molecular flexibility index (Phi) is 10.1. The molecule has 1 fully saturated rings. The number of likely N-dealkylation sites (tertiary alicyclic amines) is 1. The molecule has 1 saturated heterocycles. The van der Waals surface area contributed by atoms with E-state index in [1.807, 2.05) is 66.7 Å². The van der Waals surface area contributed by atoms with Crippen molar-refractivity contribution in [1.82, 2.24) is 35.3 Å². The van der Waals surface area contributed by atoms with Crippen molar-refractivity contribution >= 4 is 29.7 Å². The molecule has 48 heavy (non-hydrogen) atoms. The van der Waals surface area contributed by atoms with Crippen LogP contribution in [0, 0.1) is 0 Å². The number of fused-ring (bicyclic) bond motifs is 3. The lowest BCUT2D eigenvalue weighted by Crippen LogP contribution is -2.58. The van der Waals surface area contributed by atoms with Gasteiger partial charge in [0.25, 0.3) is 0 Å². The standard InChI is InChI=1S/C35H39N7O5S/c1-22(40(3)35(46)47-21-30-28-17-9-7-15-26(28)27-16-8-10-18-29(27)30)32(44)36-31(23(2)43)33(45)41-19-11-12-24(41)20-42-34(37-38-39-42)48-25-13-5-4-6-14-25/h4-10,13-18,22-24,30-31,43H,11-12,19-21H2,1-3H3,(H,36,44). The normalized spacial score (nSPS) is 17.2. The summed E-state index contributed by atoms with van der Waals surface area (Å²) in [4.78, 5) is 44.2. The fourth-order valence-corrected chi connectivity index (χ4v) is 7.16. The molecule has 4 unspecified atom stereocenters. The lowest BCUT2D eigenvalue weighted by Gasteiger charge is -2.32. The summed E-state index contributed by atoms with van der Waals surface area (Å²) in [6.45, 7) is 3.98. The first-order valence-electron chi connectivity index (χ1n) is 16.1. The minimum Gasteiger partial charge on any atom is -0.448 e. The molecule has 3 aromatic carbocycles. The fraction of sp³-hybridized carbons (Fsp3) is 0.371. The van der Waals surface area contributed by atoms with E-state index in [4.69, 9.17) is 4.74 Å². The lowest BCUT2D eigenvalue weighted by molar-refractivity contribution is -0.141. The molecule has 2 heterocycles. The molecule has 4 atom stereocenters. The fourth-order valence-electron chi connectivity index (χ4n) is 6.36. The molecule has 1 aliphatic carbocycles. The number of aliphatic hydroxyl groups is 1. The quantitative estimate of drug-likeness (QED) is 0.243. The summed E-state index contributed by atoms with van der Waals surface area (Å²) in [5.41, 5.74) is 4.41. The predicted octanol–water partition coefficient (Wildman–Crippen LogP) is 3.95. The molecule has 4 aromatic rings. The molecule has 2 aliphatic rings. The van der Waals surface area contributed by atoms with Crippen LogP contribution in [0.3, 0.4) is 0 Å². The molecule has 0 spiro atoms. The molecule has 2 N–H and O–H groups in total. The molecule has 3 amide bonds. The van der Waals surface area contributed by atoms with Gasteiger partial charge in [0.2, 0.25) is 17.0 Å². The lowest BCUT2D eigenvalue weighted by atomic mass is 9.98. The maximum Gasteiger partial charge on any atom is 0.410 e. The first-order valence-corrected chi connectivity index (χ1v) is 16.9. The second-order valence-corrected chi connectivity index (χ2v) is 13.2. The largest absolute Gasteiger partial charge is 0.448 e. The number of amides is 3. The zero-order chi connectivity index (χ0) is 33.8. The summed E-state index contributed by atoms with van der Waals surface area (Å²) in [5, 5.41) is 26.1. The van der Waals surface area contributed by atoms with Crippen LogP contribution in [0.5, 0.6) is 0 Å². The van der Waals surface area contributed by atoms with Crippen molar-refractivity contribution in [2.75, 3.05) is 20.2 Å². The highest BCUT2D eigenvalue weighted by Crippen LogP contribution is 2.44. The Bertz CT molecular complexity index is 1720. The van der Waals surface area contributed by atoms with Crippen LogP contribution < -0.4 is 5.32 Å². The van der Waals surface area contributed by atoms with Crippen LogP contribution in [0.25, 0.3) is 11.1 Å². The number of hydrogen-bond acceptors (Lipinski definition) is 9. The second kappa shape index (κ2) is 14.6. The van der Waals surface area contributed by atoms with Gasteiger partial charge in [-0.1, -0.05) is 66.7 Å². The first-order chi connectivity index (χ1) is 23.2. The van der Waals surface area contributed by atoms with Gasteiger partial charge in [0, 0.05) is 24.4 Å². The summed E-state index contributed by atoms with van der Waals surface area (Å²) < 4.78 is 7.40. The van der Waals surface area contributed by atoms with Gasteiger partial charge >= 0.3 is 6.09 Å². The van der Waals surface area contributed by atoms with Crippen molar-refractivity contribution in [2.45, 2.75) is 73.4 Å². The maximum atomic E-state index is 13.8. The Morgan fingerprint density at radius 1 is 1.00 bits per heavy atom. The molecule has 0 saturated carbocycles. The topological polar surface area (TPSA) is 143 Å². The summed E-state index contributed by atoms with van der Waals surface area (Å²) in [6, 6.07) is 23.5. The van der Waals surface area contributed by atoms with Crippen molar-refractivity contribution in [2.24, 2.45) is 0 Å². The van der Waals surface area contributed by atoms with Crippen molar-refractivity contribution in [3.8, 4) is 11.1 Å². The number of nitrogens with zero attached hydrogens (tertiary/aromatic N) is 6. The van der Waals surface area contributed by atoms with Crippen molar-refractivity contribution < 1.29 is 24.2 Å². The highest BCUT2D eigenvalue weighted by Gasteiger charge is 2.38. The van der Waals surface area contributed by atoms with Gasteiger partial charge in [0.15, 0.2) is 0 Å². The zero-order valence-electron chi connectivity index (χ0n) is 27.1. The van der Waals surface area contributed by atoms with Crippen LogP contribution in [0.4, 0.5) is 4.79 Å². The van der Waals surface area contributed by atoms with Crippen LogP contribution in [0.2, 0.25) is 0 Å². The number of aliphatic hydroxyl groups excluding tert-OH is 1. The van der Waals surface area contributed by atoms with Crippen LogP contribution in [0.1, 0.15) is 43.7 Å². The third-order valence-electron chi connectivity index (χ3n) is 9.13. The number of ether oxygens (including phenoxy) is 1. The van der Waals surface area contributed by atoms with Gasteiger partial charge in [0.05, 0.1) is 18.7 Å². The SMILES string of the molecule is CC(O)C(NC(=O)C(C)N(C)C(=O)OCC1c2ccccc2-c2ccccc21)C(=O)N1CCCC1Cn1nnnc1Sc1ccccc1. The Morgan fingerprint density at radius 3 is 2.31 bits per heavy atom. The van der Waals surface area contributed by atoms with E-state index >= 15 is 0 Å². The molecular formula is C35H39N7O5S. The van der Waals surface area contributed by atoms with Crippen LogP contribution in [-0.2, 0) is 20.9 Å². The summed E-state index contributed by atoms with van der Waals surface area (Å²) in [7, 11) is 1.48. The van der Waals surface area contributed by atoms with Gasteiger partial charge in [-0.2, -0.15) is 0 Å². The van der Waals surface area contributed by atoms with E-state index in [2.05, 4.69) is 33.0 Å². The maximum absolute atomic E-state index is 13.8. The highest BCUT2D eigenvalue weighted by molar-refractivity contribution is 7.99. The van der Waals surface area contributed by atoms with E-state index in [1.54, 1.807) is 16.5 Å². The van der Waals surface area contributed by atoms with Crippen molar-refractivity contribution in [3.63, 3.8) is 0 Å². The molecule has 13 heteroatoms. The predicted molar refractivity (Wildman–Crippen MR) is 179 cm³/mol. The number of rotatable bonds is 11. The Morgan fingerprint density at radius 2 is 1.65 bits per heavy atom. The minimum atomic E-state index is -1.21. The minimum absolute atomic E-state index is 0.115. The number of carbonyl (C=O) groups excluding carboxylic acids is 3. The molecule has 1 aromatic heterocycles. The van der Waals surface area contributed by atoms with Gasteiger partial charge in [-0.3, -0.25) is 14.5 Å². The molecule has 12 nitrogen and oxygen atoms in total. The average molecular weight is 670 g/mol. The Labute approximate surface area is 283 Å². The van der Waals surface area contributed by atoms with E-state index < -0.39 is 36.1 Å². The molecule has 250 valence electrons. The summed E-state index contributed by atoms with van der Waals surface area (Å²) in [6.07, 6.45) is -0.347. The molecule has 1 aliphatic heterocycles.